The second-order valence-corrected chi connectivity index (χ2v) is 4.68. The maximum absolute atomic E-state index is 9.21. The number of nitrogens with one attached hydrogen (secondary N) is 1. The molecule has 7 nitrogen and oxygen atoms in total. The van der Waals surface area contributed by atoms with Crippen molar-refractivity contribution in [3.8, 4) is 0 Å². The monoisotopic (exact) mass is 235 g/mol. The minimum atomic E-state index is -0.354. The number of H-pyrrole nitrogens is 1. The van der Waals surface area contributed by atoms with Crippen molar-refractivity contribution in [3.05, 3.63) is 12.0 Å². The van der Waals surface area contributed by atoms with E-state index in [1.165, 1.54) is 0 Å². The summed E-state index contributed by atoms with van der Waals surface area (Å²) in [4.78, 5) is 8.55. The van der Waals surface area contributed by atoms with Crippen LogP contribution < -0.4 is 0 Å². The first-order valence-corrected chi connectivity index (χ1v) is 5.51. The third-order valence-electron chi connectivity index (χ3n) is 3.49. The number of rotatable bonds is 3. The molecule has 0 atom stereocenters. The van der Waals surface area contributed by atoms with E-state index in [-0.39, 0.29) is 24.5 Å². The van der Waals surface area contributed by atoms with Crippen LogP contribution in [0.4, 0.5) is 0 Å². The molecule has 0 spiro atoms. The summed E-state index contributed by atoms with van der Waals surface area (Å²) in [6.45, 7) is 0.0123. The van der Waals surface area contributed by atoms with Crippen LogP contribution in [0.25, 0.3) is 11.2 Å². The first-order chi connectivity index (χ1) is 8.26. The van der Waals surface area contributed by atoms with Gasteiger partial charge < -0.3 is 10.2 Å². The summed E-state index contributed by atoms with van der Waals surface area (Å²) in [7, 11) is 0. The average Bonchev–Trinajstić information content (AvgIpc) is 2.76. The quantitative estimate of drug-likeness (QED) is 0.668. The highest BCUT2D eigenvalue weighted by Gasteiger charge is 2.45. The molecule has 3 rings (SSSR count). The number of aliphatic hydroxyl groups excluding tert-OH is 2. The van der Waals surface area contributed by atoms with Crippen LogP contribution >= 0.6 is 0 Å². The van der Waals surface area contributed by atoms with Crippen LogP contribution in [0.2, 0.25) is 0 Å². The third-order valence-corrected chi connectivity index (χ3v) is 3.49. The first kappa shape index (κ1) is 10.5. The standard InChI is InChI=1S/C10H13N5O2/c16-4-10(5-17)1-6(2-10)8-11-3-7-9(12-8)14-15-13-7/h3,6,16-17H,1-2,4-5H2,(H,11,12,13,14,15). The molecule has 0 bridgehead atoms. The van der Waals surface area contributed by atoms with Gasteiger partial charge in [0.1, 0.15) is 11.3 Å². The Labute approximate surface area is 96.9 Å². The molecule has 0 unspecified atom stereocenters. The number of aromatic nitrogens is 5. The van der Waals surface area contributed by atoms with Gasteiger partial charge in [-0.15, -0.1) is 5.10 Å². The zero-order valence-electron chi connectivity index (χ0n) is 9.17. The summed E-state index contributed by atoms with van der Waals surface area (Å²) in [5, 5.41) is 28.7. The van der Waals surface area contributed by atoms with Crippen molar-refractivity contribution in [1.82, 2.24) is 25.4 Å². The van der Waals surface area contributed by atoms with Crippen molar-refractivity contribution in [2.75, 3.05) is 13.2 Å². The van der Waals surface area contributed by atoms with Gasteiger partial charge in [-0.2, -0.15) is 10.3 Å². The SMILES string of the molecule is OCC1(CO)CC(c2ncc3n[nH]nc3n2)C1. The number of hydrogen-bond donors (Lipinski definition) is 3. The summed E-state index contributed by atoms with van der Waals surface area (Å²) >= 11 is 0. The van der Waals surface area contributed by atoms with Crippen molar-refractivity contribution >= 4 is 11.2 Å². The zero-order chi connectivity index (χ0) is 11.9. The van der Waals surface area contributed by atoms with Crippen LogP contribution in [-0.2, 0) is 0 Å². The van der Waals surface area contributed by atoms with Crippen molar-refractivity contribution in [3.63, 3.8) is 0 Å². The normalized spacial score (nSPS) is 19.4. The molecule has 1 aliphatic carbocycles. The van der Waals surface area contributed by atoms with Gasteiger partial charge in [0, 0.05) is 11.3 Å². The Bertz CT molecular complexity index is 528. The second kappa shape index (κ2) is 3.71. The predicted octanol–water partition coefficient (Wildman–Crippen LogP) is -0.404. The van der Waals surface area contributed by atoms with Crippen LogP contribution in [0.3, 0.4) is 0 Å². The van der Waals surface area contributed by atoms with E-state index in [9.17, 15) is 10.2 Å². The first-order valence-electron chi connectivity index (χ1n) is 5.51. The van der Waals surface area contributed by atoms with Gasteiger partial charge in [0.15, 0.2) is 0 Å². The van der Waals surface area contributed by atoms with Gasteiger partial charge >= 0.3 is 0 Å². The smallest absolute Gasteiger partial charge is 0.204 e. The lowest BCUT2D eigenvalue weighted by Gasteiger charge is -2.44. The second-order valence-electron chi connectivity index (χ2n) is 4.68. The molecule has 0 radical (unpaired) electrons. The Hall–Kier alpha value is -1.60. The van der Waals surface area contributed by atoms with Gasteiger partial charge in [0.2, 0.25) is 5.65 Å². The van der Waals surface area contributed by atoms with Crippen molar-refractivity contribution in [2.24, 2.45) is 5.41 Å². The fourth-order valence-electron chi connectivity index (χ4n) is 2.34. The van der Waals surface area contributed by atoms with E-state index < -0.39 is 0 Å². The summed E-state index contributed by atoms with van der Waals surface area (Å²) in [5.41, 5.74) is 0.844. The van der Waals surface area contributed by atoms with Gasteiger partial charge in [-0.3, -0.25) is 0 Å². The molecule has 1 saturated carbocycles. The predicted molar refractivity (Wildman–Crippen MR) is 58.1 cm³/mol. The Morgan fingerprint density at radius 2 is 2.06 bits per heavy atom. The molecule has 3 N–H and O–H groups in total. The van der Waals surface area contributed by atoms with Crippen LogP contribution in [-0.4, -0.2) is 48.8 Å². The average molecular weight is 235 g/mol. The van der Waals surface area contributed by atoms with E-state index in [2.05, 4.69) is 25.4 Å². The zero-order valence-corrected chi connectivity index (χ0v) is 9.17. The Kier molecular flexibility index (Phi) is 2.30. The molecule has 0 aliphatic heterocycles. The maximum atomic E-state index is 9.21. The molecule has 2 aromatic heterocycles. The van der Waals surface area contributed by atoms with Gasteiger partial charge in [-0.25, -0.2) is 9.97 Å². The van der Waals surface area contributed by atoms with E-state index >= 15 is 0 Å². The van der Waals surface area contributed by atoms with Crippen LogP contribution in [0.15, 0.2) is 6.20 Å². The molecule has 1 fully saturated rings. The molecular weight excluding hydrogens is 222 g/mol. The van der Waals surface area contributed by atoms with Crippen LogP contribution in [0.5, 0.6) is 0 Å². The fraction of sp³-hybridized carbons (Fsp3) is 0.600. The number of nitrogens with zero attached hydrogens (tertiary/aromatic N) is 4. The summed E-state index contributed by atoms with van der Waals surface area (Å²) in [6.07, 6.45) is 3.06. The van der Waals surface area contributed by atoms with Crippen LogP contribution in [0.1, 0.15) is 24.6 Å². The lowest BCUT2D eigenvalue weighted by molar-refractivity contribution is -0.0262. The molecule has 90 valence electrons. The summed E-state index contributed by atoms with van der Waals surface area (Å²) in [5.74, 6) is 0.902. The number of fused-ring (bicyclic) bond motifs is 1. The molecule has 7 heteroatoms. The molecule has 17 heavy (non-hydrogen) atoms. The van der Waals surface area contributed by atoms with E-state index in [4.69, 9.17) is 0 Å². The Morgan fingerprint density at radius 1 is 1.29 bits per heavy atom. The van der Waals surface area contributed by atoms with E-state index in [1.807, 2.05) is 0 Å². The molecular formula is C10H13N5O2. The number of aliphatic hydroxyl groups is 2. The third kappa shape index (κ3) is 1.58. The molecule has 2 aromatic rings. The molecule has 0 saturated heterocycles. The van der Waals surface area contributed by atoms with E-state index in [1.54, 1.807) is 6.20 Å². The minimum absolute atomic E-state index is 0.00616. The molecule has 1 aliphatic rings. The molecule has 0 amide bonds. The van der Waals surface area contributed by atoms with Gasteiger partial charge in [0.25, 0.3) is 0 Å². The van der Waals surface area contributed by atoms with Crippen molar-refractivity contribution < 1.29 is 10.2 Å². The minimum Gasteiger partial charge on any atom is -0.396 e. The van der Waals surface area contributed by atoms with Crippen molar-refractivity contribution in [1.29, 1.82) is 0 Å². The highest BCUT2D eigenvalue weighted by Crippen LogP contribution is 2.49. The molecule has 0 aromatic carbocycles. The van der Waals surface area contributed by atoms with Gasteiger partial charge in [-0.05, 0) is 12.8 Å². The molecule has 2 heterocycles. The van der Waals surface area contributed by atoms with Gasteiger partial charge in [0.05, 0.1) is 19.4 Å². The highest BCUT2D eigenvalue weighted by atomic mass is 16.3. The van der Waals surface area contributed by atoms with E-state index in [0.29, 0.717) is 29.8 Å². The lowest BCUT2D eigenvalue weighted by atomic mass is 9.62. The Balaban J connectivity index is 1.82. The van der Waals surface area contributed by atoms with E-state index in [0.717, 1.165) is 0 Å². The largest absolute Gasteiger partial charge is 0.396 e. The summed E-state index contributed by atoms with van der Waals surface area (Å²) in [6, 6.07) is 0. The van der Waals surface area contributed by atoms with Crippen LogP contribution in [0, 0.1) is 5.41 Å². The highest BCUT2D eigenvalue weighted by molar-refractivity contribution is 5.67. The number of aromatic amines is 1. The fourth-order valence-corrected chi connectivity index (χ4v) is 2.34. The number of hydrogen-bond acceptors (Lipinski definition) is 6. The van der Waals surface area contributed by atoms with Crippen molar-refractivity contribution in [2.45, 2.75) is 18.8 Å². The lowest BCUT2D eigenvalue weighted by Crippen LogP contribution is -2.42. The summed E-state index contributed by atoms with van der Waals surface area (Å²) < 4.78 is 0. The maximum Gasteiger partial charge on any atom is 0.204 e. The Morgan fingerprint density at radius 3 is 2.76 bits per heavy atom. The van der Waals surface area contributed by atoms with Gasteiger partial charge in [-0.1, -0.05) is 0 Å². The topological polar surface area (TPSA) is 108 Å².